The molecule has 0 spiro atoms. The Kier molecular flexibility index (Phi) is 5.16. The van der Waals surface area contributed by atoms with Crippen LogP contribution in [0.4, 0.5) is 0 Å². The van der Waals surface area contributed by atoms with Crippen LogP contribution in [0.5, 0.6) is 0 Å². The Morgan fingerprint density at radius 2 is 2.24 bits per heavy atom. The molecule has 2 aromatic heterocycles. The van der Waals surface area contributed by atoms with Gasteiger partial charge in [0.15, 0.2) is 0 Å². The van der Waals surface area contributed by atoms with Crippen LogP contribution in [0.25, 0.3) is 0 Å². The summed E-state index contributed by atoms with van der Waals surface area (Å²) in [5, 5.41) is 3.60. The molecule has 5 heteroatoms. The van der Waals surface area contributed by atoms with Crippen molar-refractivity contribution < 1.29 is 4.42 Å². The normalized spacial score (nSPS) is 17.4. The van der Waals surface area contributed by atoms with Crippen LogP contribution >= 0.6 is 27.3 Å². The van der Waals surface area contributed by atoms with Gasteiger partial charge in [-0.1, -0.05) is 0 Å². The fourth-order valence-corrected chi connectivity index (χ4v) is 4.45. The fraction of sp³-hybridized carbons (Fsp3) is 0.500. The second-order valence-corrected chi connectivity index (χ2v) is 7.72. The highest BCUT2D eigenvalue weighted by atomic mass is 79.9. The third-order valence-corrected chi connectivity index (χ3v) is 6.13. The van der Waals surface area contributed by atoms with E-state index in [2.05, 4.69) is 45.2 Å². The van der Waals surface area contributed by atoms with E-state index in [0.29, 0.717) is 6.04 Å². The predicted octanol–water partition coefficient (Wildman–Crippen LogP) is 4.34. The lowest BCUT2D eigenvalue weighted by Crippen LogP contribution is -2.33. The van der Waals surface area contributed by atoms with E-state index in [1.165, 1.54) is 40.2 Å². The predicted molar refractivity (Wildman–Crippen MR) is 90.7 cm³/mol. The van der Waals surface area contributed by atoms with Crippen LogP contribution in [0, 0.1) is 6.92 Å². The van der Waals surface area contributed by atoms with Gasteiger partial charge in [-0.25, -0.2) is 0 Å². The molecule has 2 aromatic rings. The Labute approximate surface area is 138 Å². The molecule has 3 rings (SSSR count). The minimum atomic E-state index is 0.354. The number of furan rings is 1. The fourth-order valence-electron chi connectivity index (χ4n) is 2.88. The van der Waals surface area contributed by atoms with Crippen LogP contribution in [0.3, 0.4) is 0 Å². The first-order valence-corrected chi connectivity index (χ1v) is 9.08. The van der Waals surface area contributed by atoms with Gasteiger partial charge in [-0.15, -0.1) is 11.3 Å². The van der Waals surface area contributed by atoms with Crippen molar-refractivity contribution in [3.05, 3.63) is 44.4 Å². The number of rotatable bonds is 6. The molecular formula is C16H21BrN2OS. The molecule has 0 radical (unpaired) electrons. The van der Waals surface area contributed by atoms with Gasteiger partial charge in [-0.3, -0.25) is 4.90 Å². The van der Waals surface area contributed by atoms with E-state index in [9.17, 15) is 0 Å². The number of hydrogen-bond donors (Lipinski definition) is 1. The van der Waals surface area contributed by atoms with Crippen molar-refractivity contribution in [1.82, 2.24) is 10.2 Å². The largest absolute Gasteiger partial charge is 0.468 e. The first-order valence-electron chi connectivity index (χ1n) is 7.47. The van der Waals surface area contributed by atoms with Crippen molar-refractivity contribution in [1.29, 1.82) is 0 Å². The molecule has 1 atom stereocenters. The van der Waals surface area contributed by atoms with Crippen molar-refractivity contribution >= 4 is 27.3 Å². The molecule has 0 aromatic carbocycles. The highest BCUT2D eigenvalue weighted by Gasteiger charge is 2.25. The average molecular weight is 369 g/mol. The highest BCUT2D eigenvalue weighted by molar-refractivity contribution is 9.10. The first kappa shape index (κ1) is 15.3. The van der Waals surface area contributed by atoms with Gasteiger partial charge in [-0.05, 0) is 67.0 Å². The van der Waals surface area contributed by atoms with E-state index in [1.54, 1.807) is 6.26 Å². The van der Waals surface area contributed by atoms with Crippen LogP contribution in [0.15, 0.2) is 33.4 Å². The number of nitrogens with zero attached hydrogens (tertiary/aromatic N) is 1. The van der Waals surface area contributed by atoms with E-state index >= 15 is 0 Å². The van der Waals surface area contributed by atoms with Gasteiger partial charge in [0.05, 0.1) is 12.3 Å². The number of halogens is 1. The highest BCUT2D eigenvalue weighted by Crippen LogP contribution is 2.27. The average Bonchev–Trinajstić information content (AvgIpc) is 3.19. The lowest BCUT2D eigenvalue weighted by molar-refractivity contribution is 0.209. The first-order chi connectivity index (χ1) is 10.2. The summed E-state index contributed by atoms with van der Waals surface area (Å²) in [5.41, 5.74) is 0. The topological polar surface area (TPSA) is 28.4 Å². The van der Waals surface area contributed by atoms with Crippen LogP contribution in [-0.4, -0.2) is 24.5 Å². The molecule has 21 heavy (non-hydrogen) atoms. The van der Waals surface area contributed by atoms with E-state index in [1.807, 2.05) is 17.4 Å². The van der Waals surface area contributed by atoms with Crippen molar-refractivity contribution in [3.8, 4) is 0 Å². The monoisotopic (exact) mass is 368 g/mol. The van der Waals surface area contributed by atoms with Gasteiger partial charge in [0.1, 0.15) is 5.76 Å². The Morgan fingerprint density at radius 3 is 2.86 bits per heavy atom. The van der Waals surface area contributed by atoms with Crippen LogP contribution in [0.2, 0.25) is 0 Å². The van der Waals surface area contributed by atoms with Crippen molar-refractivity contribution in [2.45, 2.75) is 32.4 Å². The van der Waals surface area contributed by atoms with Gasteiger partial charge in [0, 0.05) is 27.3 Å². The zero-order chi connectivity index (χ0) is 14.7. The van der Waals surface area contributed by atoms with Crippen molar-refractivity contribution in [3.63, 3.8) is 0 Å². The molecule has 1 saturated heterocycles. The number of hydrogen-bond acceptors (Lipinski definition) is 4. The molecule has 114 valence electrons. The molecule has 0 amide bonds. The Morgan fingerprint density at radius 1 is 1.43 bits per heavy atom. The second-order valence-electron chi connectivity index (χ2n) is 5.52. The molecule has 3 heterocycles. The molecule has 1 aliphatic heterocycles. The molecular weight excluding hydrogens is 348 g/mol. The number of likely N-dealkylation sites (tertiary alicyclic amines) is 1. The van der Waals surface area contributed by atoms with E-state index in [-0.39, 0.29) is 0 Å². The van der Waals surface area contributed by atoms with Crippen molar-refractivity contribution in [2.75, 3.05) is 19.6 Å². The van der Waals surface area contributed by atoms with Crippen LogP contribution in [-0.2, 0) is 6.54 Å². The van der Waals surface area contributed by atoms with Crippen LogP contribution in [0.1, 0.15) is 34.4 Å². The Bertz CT molecular complexity index is 541. The lowest BCUT2D eigenvalue weighted by atomic mass is 10.2. The van der Waals surface area contributed by atoms with Gasteiger partial charge >= 0.3 is 0 Å². The summed E-state index contributed by atoms with van der Waals surface area (Å²) in [6.07, 6.45) is 4.38. The van der Waals surface area contributed by atoms with Gasteiger partial charge in [-0.2, -0.15) is 0 Å². The lowest BCUT2D eigenvalue weighted by Gasteiger charge is -2.26. The molecule has 1 aliphatic rings. The molecule has 0 aliphatic carbocycles. The molecule has 1 unspecified atom stereocenters. The summed E-state index contributed by atoms with van der Waals surface area (Å²) >= 11 is 5.43. The van der Waals surface area contributed by atoms with E-state index in [4.69, 9.17) is 4.42 Å². The molecule has 1 fully saturated rings. The van der Waals surface area contributed by atoms with Gasteiger partial charge < -0.3 is 9.73 Å². The summed E-state index contributed by atoms with van der Waals surface area (Å²) in [5.74, 6) is 1.08. The SMILES string of the molecule is Cc1sc(CNCC(c2ccco2)N2CCCC2)cc1Br. The molecule has 1 N–H and O–H groups in total. The maximum atomic E-state index is 5.65. The Hall–Kier alpha value is -0.620. The standard InChI is InChI=1S/C16H21BrN2OS/c1-12-14(17)9-13(21-12)10-18-11-15(16-5-4-8-20-16)19-6-2-3-7-19/h4-5,8-9,15,18H,2-3,6-7,10-11H2,1H3. The maximum Gasteiger partial charge on any atom is 0.122 e. The number of aryl methyl sites for hydroxylation is 1. The number of nitrogens with one attached hydrogen (secondary N) is 1. The third-order valence-electron chi connectivity index (χ3n) is 4.00. The quantitative estimate of drug-likeness (QED) is 0.821. The maximum absolute atomic E-state index is 5.65. The van der Waals surface area contributed by atoms with Crippen molar-refractivity contribution in [2.24, 2.45) is 0 Å². The molecule has 3 nitrogen and oxygen atoms in total. The Balaban J connectivity index is 1.59. The summed E-state index contributed by atoms with van der Waals surface area (Å²) in [6, 6.07) is 6.64. The molecule has 0 bridgehead atoms. The summed E-state index contributed by atoms with van der Waals surface area (Å²) < 4.78 is 6.86. The molecule has 0 saturated carbocycles. The second kappa shape index (κ2) is 7.09. The zero-order valence-electron chi connectivity index (χ0n) is 12.3. The van der Waals surface area contributed by atoms with E-state index < -0.39 is 0 Å². The summed E-state index contributed by atoms with van der Waals surface area (Å²) in [6.45, 7) is 6.35. The summed E-state index contributed by atoms with van der Waals surface area (Å²) in [4.78, 5) is 5.24. The van der Waals surface area contributed by atoms with Crippen LogP contribution < -0.4 is 5.32 Å². The summed E-state index contributed by atoms with van der Waals surface area (Å²) in [7, 11) is 0. The van der Waals surface area contributed by atoms with Gasteiger partial charge in [0.25, 0.3) is 0 Å². The van der Waals surface area contributed by atoms with E-state index in [0.717, 1.165) is 18.8 Å². The minimum Gasteiger partial charge on any atom is -0.468 e. The zero-order valence-corrected chi connectivity index (χ0v) is 14.7. The smallest absolute Gasteiger partial charge is 0.122 e. The van der Waals surface area contributed by atoms with Gasteiger partial charge in [0.2, 0.25) is 0 Å². The number of thiophene rings is 1. The minimum absolute atomic E-state index is 0.354. The third kappa shape index (κ3) is 3.77.